The molecule has 0 amide bonds. The van der Waals surface area contributed by atoms with Gasteiger partial charge in [0.05, 0.1) is 0 Å². The summed E-state index contributed by atoms with van der Waals surface area (Å²) in [5.74, 6) is -1.46. The van der Waals surface area contributed by atoms with Crippen molar-refractivity contribution in [2.75, 3.05) is 0 Å². The minimum absolute atomic E-state index is 0.189. The fraction of sp³-hybridized carbons (Fsp3) is 0.375. The highest BCUT2D eigenvalue weighted by Crippen LogP contribution is 2.44. The zero-order valence-electron chi connectivity index (χ0n) is 9.08. The van der Waals surface area contributed by atoms with Gasteiger partial charge in [-0.15, -0.1) is 11.3 Å². The molecule has 0 aliphatic carbocycles. The Bertz CT molecular complexity index is 744. The molecule has 1 aliphatic heterocycles. The number of primary sulfonamides is 1. The summed E-state index contributed by atoms with van der Waals surface area (Å²) in [4.78, 5) is 11.1. The number of hydrogen-bond donors (Lipinski definition) is 2. The molecule has 1 aliphatic rings. The smallest absolute Gasteiger partial charge is 0.325 e. The van der Waals surface area contributed by atoms with Crippen LogP contribution in [0.15, 0.2) is 14.5 Å². The number of rotatable bonds is 2. The van der Waals surface area contributed by atoms with Crippen molar-refractivity contribution in [1.29, 1.82) is 0 Å². The fourth-order valence-electron chi connectivity index (χ4n) is 1.73. The maximum atomic E-state index is 12.1. The lowest BCUT2D eigenvalue weighted by molar-refractivity contribution is -0.139. The van der Waals surface area contributed by atoms with Gasteiger partial charge in [0, 0.05) is 6.42 Å². The van der Waals surface area contributed by atoms with Crippen molar-refractivity contribution in [2.45, 2.75) is 26.5 Å². The van der Waals surface area contributed by atoms with Crippen LogP contribution in [0.1, 0.15) is 12.5 Å². The van der Waals surface area contributed by atoms with Gasteiger partial charge in [-0.1, -0.05) is 0 Å². The Morgan fingerprint density at radius 1 is 1.56 bits per heavy atom. The Hall–Kier alpha value is -0.970. The summed E-state index contributed by atoms with van der Waals surface area (Å²) >= 11 is 0.491. The summed E-state index contributed by atoms with van der Waals surface area (Å²) in [6.45, 7) is 1.11. The van der Waals surface area contributed by atoms with Gasteiger partial charge in [-0.05, 0) is 18.6 Å². The lowest BCUT2D eigenvalue weighted by Gasteiger charge is -2.16. The lowest BCUT2D eigenvalue weighted by atomic mass is 10.0. The van der Waals surface area contributed by atoms with Crippen LogP contribution in [0.4, 0.5) is 0 Å². The largest absolute Gasteiger partial charge is 0.480 e. The molecule has 0 fully saturated rings. The molecule has 2 rings (SSSR count). The monoisotopic (exact) mass is 311 g/mol. The molecule has 0 bridgehead atoms. The topological polar surface area (TPSA) is 132 Å². The molecule has 0 radical (unpaired) electrons. The van der Waals surface area contributed by atoms with Crippen LogP contribution in [0.3, 0.4) is 0 Å². The molecular formula is C8H9NO6S3. The number of sulfonamides is 1. The standard InChI is InChI=1S/C8H9NO6S3/c1-8(7(10)11)3-4-2-5(18(9,14)15)16-6(4)17(8,12)13/h2H,3H2,1H3,(H,10,11)(H2,9,14,15)/t8-/m1/s1. The summed E-state index contributed by atoms with van der Waals surface area (Å²) in [5.41, 5.74) is 0.189. The summed E-state index contributed by atoms with van der Waals surface area (Å²) in [6.07, 6.45) is -0.258. The second-order valence-corrected chi connectivity index (χ2v) is 9.55. The van der Waals surface area contributed by atoms with Gasteiger partial charge in [0.15, 0.2) is 4.75 Å². The van der Waals surface area contributed by atoms with Gasteiger partial charge < -0.3 is 5.11 Å². The molecular weight excluding hydrogens is 302 g/mol. The number of fused-ring (bicyclic) bond motifs is 1. The van der Waals surface area contributed by atoms with Gasteiger partial charge in [-0.2, -0.15) is 0 Å². The third kappa shape index (κ3) is 1.60. The molecule has 0 spiro atoms. The number of nitrogens with two attached hydrogens (primary N) is 1. The molecule has 0 saturated heterocycles. The van der Waals surface area contributed by atoms with Crippen molar-refractivity contribution in [3.8, 4) is 0 Å². The highest BCUT2D eigenvalue weighted by Gasteiger charge is 2.55. The van der Waals surface area contributed by atoms with Gasteiger partial charge >= 0.3 is 5.97 Å². The van der Waals surface area contributed by atoms with Crippen LogP contribution in [-0.2, 0) is 31.1 Å². The first-order valence-corrected chi connectivity index (χ1v) is 8.48. The Morgan fingerprint density at radius 3 is 2.50 bits per heavy atom. The minimum Gasteiger partial charge on any atom is -0.480 e. The van der Waals surface area contributed by atoms with E-state index in [0.29, 0.717) is 11.3 Å². The molecule has 100 valence electrons. The van der Waals surface area contributed by atoms with E-state index in [9.17, 15) is 21.6 Å². The van der Waals surface area contributed by atoms with Crippen LogP contribution >= 0.6 is 11.3 Å². The maximum absolute atomic E-state index is 12.1. The summed E-state index contributed by atoms with van der Waals surface area (Å²) < 4.78 is 44.0. The zero-order chi connectivity index (χ0) is 13.9. The molecule has 10 heteroatoms. The molecule has 18 heavy (non-hydrogen) atoms. The predicted molar refractivity (Wildman–Crippen MR) is 62.6 cm³/mol. The van der Waals surface area contributed by atoms with E-state index in [1.807, 2.05) is 0 Å². The van der Waals surface area contributed by atoms with E-state index in [4.69, 9.17) is 10.2 Å². The fourth-order valence-corrected chi connectivity index (χ4v) is 6.28. The first-order chi connectivity index (χ1) is 8.00. The van der Waals surface area contributed by atoms with Crippen LogP contribution < -0.4 is 5.14 Å². The van der Waals surface area contributed by atoms with E-state index < -0.39 is 30.6 Å². The highest BCUT2D eigenvalue weighted by molar-refractivity contribution is 7.97. The first kappa shape index (κ1) is 13.5. The number of aliphatic carboxylic acids is 1. The SMILES string of the molecule is C[C@]1(C(=O)O)Cc2cc(S(N)(=O)=O)sc2S1(=O)=O. The number of carboxylic acid groups (broad SMARTS) is 1. The summed E-state index contributed by atoms with van der Waals surface area (Å²) in [6, 6.07) is 1.13. The Kier molecular flexibility index (Phi) is 2.64. The molecule has 1 aromatic heterocycles. The predicted octanol–water partition coefficient (Wildman–Crippen LogP) is -0.431. The van der Waals surface area contributed by atoms with E-state index in [-0.39, 0.29) is 20.4 Å². The highest BCUT2D eigenvalue weighted by atomic mass is 32.3. The van der Waals surface area contributed by atoms with Gasteiger partial charge in [0.1, 0.15) is 8.42 Å². The average Bonchev–Trinajstić information content (AvgIpc) is 2.66. The maximum Gasteiger partial charge on any atom is 0.325 e. The molecule has 7 nitrogen and oxygen atoms in total. The summed E-state index contributed by atoms with van der Waals surface area (Å²) in [7, 11) is -8.07. The van der Waals surface area contributed by atoms with Gasteiger partial charge in [0.25, 0.3) is 0 Å². The van der Waals surface area contributed by atoms with Crippen LogP contribution in [0.2, 0.25) is 0 Å². The van der Waals surface area contributed by atoms with Crippen molar-refractivity contribution < 1.29 is 26.7 Å². The third-order valence-corrected chi connectivity index (χ3v) is 8.40. The lowest BCUT2D eigenvalue weighted by Crippen LogP contribution is -2.41. The Labute approximate surface area is 107 Å². The second kappa shape index (κ2) is 3.53. The Morgan fingerprint density at radius 2 is 2.11 bits per heavy atom. The van der Waals surface area contributed by atoms with Crippen molar-refractivity contribution in [3.05, 3.63) is 11.6 Å². The molecule has 1 atom stereocenters. The van der Waals surface area contributed by atoms with Crippen molar-refractivity contribution in [1.82, 2.24) is 0 Å². The molecule has 3 N–H and O–H groups in total. The number of sulfone groups is 1. The molecule has 0 aromatic carbocycles. The molecule has 2 heterocycles. The first-order valence-electron chi connectivity index (χ1n) is 4.64. The normalized spacial score (nSPS) is 25.9. The van der Waals surface area contributed by atoms with E-state index in [0.717, 1.165) is 13.0 Å². The van der Waals surface area contributed by atoms with E-state index >= 15 is 0 Å². The van der Waals surface area contributed by atoms with E-state index in [1.54, 1.807) is 0 Å². The number of carboxylic acids is 1. The summed E-state index contributed by atoms with van der Waals surface area (Å²) in [5, 5.41) is 13.9. The molecule has 0 saturated carbocycles. The van der Waals surface area contributed by atoms with Crippen LogP contribution in [0, 0.1) is 0 Å². The van der Waals surface area contributed by atoms with Gasteiger partial charge in [-0.25, -0.2) is 22.0 Å². The second-order valence-electron chi connectivity index (χ2n) is 4.14. The van der Waals surface area contributed by atoms with Crippen LogP contribution in [-0.4, -0.2) is 32.7 Å². The molecule has 1 aromatic rings. The number of carbonyl (C=O) groups is 1. The minimum atomic E-state index is -4.09. The third-order valence-electron chi connectivity index (χ3n) is 2.85. The van der Waals surface area contributed by atoms with Crippen molar-refractivity contribution in [2.24, 2.45) is 5.14 Å². The van der Waals surface area contributed by atoms with Crippen LogP contribution in [0.25, 0.3) is 0 Å². The van der Waals surface area contributed by atoms with Crippen molar-refractivity contribution in [3.63, 3.8) is 0 Å². The van der Waals surface area contributed by atoms with Gasteiger partial charge in [0.2, 0.25) is 19.9 Å². The Balaban J connectivity index is 2.68. The van der Waals surface area contributed by atoms with Gasteiger partial charge in [-0.3, -0.25) is 4.79 Å². The number of thiophene rings is 1. The average molecular weight is 311 g/mol. The van der Waals surface area contributed by atoms with Crippen molar-refractivity contribution >= 4 is 37.2 Å². The van der Waals surface area contributed by atoms with E-state index in [2.05, 4.69) is 0 Å². The number of hydrogen-bond acceptors (Lipinski definition) is 6. The van der Waals surface area contributed by atoms with Crippen LogP contribution in [0.5, 0.6) is 0 Å². The zero-order valence-corrected chi connectivity index (χ0v) is 11.5. The quantitative estimate of drug-likeness (QED) is 0.761. The molecule has 0 unspecified atom stereocenters. The van der Waals surface area contributed by atoms with E-state index in [1.165, 1.54) is 0 Å².